The van der Waals surface area contributed by atoms with Gasteiger partial charge in [-0.25, -0.2) is 0 Å². The Morgan fingerprint density at radius 3 is 2.86 bits per heavy atom. The van der Waals surface area contributed by atoms with Crippen LogP contribution in [0.5, 0.6) is 11.5 Å². The van der Waals surface area contributed by atoms with E-state index in [1.165, 1.54) is 17.7 Å². The number of para-hydroxylation sites is 2. The first-order valence-corrected chi connectivity index (χ1v) is 8.05. The number of nitrogens with one attached hydrogen (secondary N) is 2. The number of carbonyl (C=O) groups is 1. The Labute approximate surface area is 132 Å². The molecule has 1 aromatic carbocycles. The van der Waals surface area contributed by atoms with E-state index >= 15 is 0 Å². The molecule has 2 atom stereocenters. The quantitative estimate of drug-likeness (QED) is 0.722. The minimum Gasteiger partial charge on any atom is -0.493 e. The summed E-state index contributed by atoms with van der Waals surface area (Å²) in [4.78, 5) is 13.3. The van der Waals surface area contributed by atoms with Crippen LogP contribution in [0.1, 0.15) is 19.8 Å². The van der Waals surface area contributed by atoms with Crippen molar-refractivity contribution in [1.82, 2.24) is 5.32 Å². The molecule has 0 saturated carbocycles. The van der Waals surface area contributed by atoms with Crippen LogP contribution in [-0.2, 0) is 4.79 Å². The second kappa shape index (κ2) is 8.63. The average Bonchev–Trinajstić information content (AvgIpc) is 2.52. The van der Waals surface area contributed by atoms with E-state index in [-0.39, 0.29) is 5.91 Å². The van der Waals surface area contributed by atoms with E-state index in [4.69, 9.17) is 9.47 Å². The molecule has 1 unspecified atom stereocenters. The maximum atomic E-state index is 11.9. The second-order valence-corrected chi connectivity index (χ2v) is 5.98. The molecule has 1 aromatic rings. The van der Waals surface area contributed by atoms with E-state index in [1.54, 1.807) is 7.11 Å². The van der Waals surface area contributed by atoms with E-state index in [0.717, 1.165) is 19.0 Å². The monoisotopic (exact) mass is 307 g/mol. The van der Waals surface area contributed by atoms with Crippen molar-refractivity contribution < 1.29 is 19.2 Å². The summed E-state index contributed by atoms with van der Waals surface area (Å²) in [6, 6.07) is 7.52. The van der Waals surface area contributed by atoms with Crippen LogP contribution in [0.3, 0.4) is 0 Å². The van der Waals surface area contributed by atoms with Crippen LogP contribution in [0.15, 0.2) is 24.3 Å². The minimum atomic E-state index is 0.104. The normalized spacial score (nSPS) is 21.2. The molecule has 2 rings (SSSR count). The van der Waals surface area contributed by atoms with Gasteiger partial charge >= 0.3 is 0 Å². The van der Waals surface area contributed by atoms with Crippen LogP contribution in [0, 0.1) is 5.92 Å². The number of quaternary nitrogens is 1. The van der Waals surface area contributed by atoms with Gasteiger partial charge in [0.15, 0.2) is 18.0 Å². The Morgan fingerprint density at radius 2 is 2.14 bits per heavy atom. The highest BCUT2D eigenvalue weighted by atomic mass is 16.5. The van der Waals surface area contributed by atoms with Crippen LogP contribution in [-0.4, -0.2) is 45.8 Å². The first kappa shape index (κ1) is 16.6. The lowest BCUT2D eigenvalue weighted by Gasteiger charge is -2.27. The van der Waals surface area contributed by atoms with Gasteiger partial charge in [0, 0.05) is 5.92 Å². The van der Waals surface area contributed by atoms with Crippen molar-refractivity contribution in [1.29, 1.82) is 0 Å². The van der Waals surface area contributed by atoms with Crippen LogP contribution in [0.2, 0.25) is 0 Å². The molecule has 1 fully saturated rings. The van der Waals surface area contributed by atoms with E-state index in [9.17, 15) is 4.79 Å². The zero-order valence-corrected chi connectivity index (χ0v) is 13.6. The highest BCUT2D eigenvalue weighted by Crippen LogP contribution is 2.25. The van der Waals surface area contributed by atoms with Gasteiger partial charge in [0.1, 0.15) is 6.61 Å². The molecular weight excluding hydrogens is 280 g/mol. The van der Waals surface area contributed by atoms with Gasteiger partial charge in [-0.1, -0.05) is 19.1 Å². The summed E-state index contributed by atoms with van der Waals surface area (Å²) in [7, 11) is 1.62. The molecule has 5 nitrogen and oxygen atoms in total. The van der Waals surface area contributed by atoms with Crippen molar-refractivity contribution in [3.63, 3.8) is 0 Å². The fourth-order valence-electron chi connectivity index (χ4n) is 2.94. The summed E-state index contributed by atoms with van der Waals surface area (Å²) in [5.74, 6) is 2.24. The van der Waals surface area contributed by atoms with Gasteiger partial charge in [0.05, 0.1) is 26.7 Å². The molecule has 1 aliphatic rings. The number of hydrogen-bond donors (Lipinski definition) is 2. The Balaban J connectivity index is 1.64. The van der Waals surface area contributed by atoms with Crippen molar-refractivity contribution in [3.8, 4) is 11.5 Å². The predicted octanol–water partition coefficient (Wildman–Crippen LogP) is 0.505. The first-order chi connectivity index (χ1) is 10.7. The Bertz CT molecular complexity index is 479. The zero-order chi connectivity index (χ0) is 15.8. The predicted molar refractivity (Wildman–Crippen MR) is 85.5 cm³/mol. The SMILES string of the molecule is COc1ccccc1OCCNC(=O)C[NH+]1CCC[C@@H](C)C1. The summed E-state index contributed by atoms with van der Waals surface area (Å²) >= 11 is 0. The maximum Gasteiger partial charge on any atom is 0.275 e. The van der Waals surface area contributed by atoms with Gasteiger partial charge in [-0.3, -0.25) is 4.79 Å². The van der Waals surface area contributed by atoms with Crippen LogP contribution in [0.25, 0.3) is 0 Å². The van der Waals surface area contributed by atoms with Crippen molar-refractivity contribution in [2.75, 3.05) is 39.9 Å². The van der Waals surface area contributed by atoms with Gasteiger partial charge in [-0.05, 0) is 25.0 Å². The van der Waals surface area contributed by atoms with E-state index in [2.05, 4.69) is 12.2 Å². The van der Waals surface area contributed by atoms with Gasteiger partial charge in [-0.2, -0.15) is 0 Å². The van der Waals surface area contributed by atoms with Gasteiger partial charge in [0.2, 0.25) is 0 Å². The molecule has 1 amide bonds. The smallest absolute Gasteiger partial charge is 0.275 e. The number of hydrogen-bond acceptors (Lipinski definition) is 3. The van der Waals surface area contributed by atoms with Crippen molar-refractivity contribution in [2.24, 2.45) is 5.92 Å². The molecule has 0 aliphatic carbocycles. The molecule has 0 spiro atoms. The lowest BCUT2D eigenvalue weighted by atomic mass is 10.0. The standard InChI is InChI=1S/C17H26N2O3/c1-14-6-5-10-19(12-14)13-17(20)18-9-11-22-16-8-4-3-7-15(16)21-2/h3-4,7-8,14H,5-6,9-13H2,1-2H3,(H,18,20)/p+1/t14-/m1/s1. The molecule has 2 N–H and O–H groups in total. The number of piperidine rings is 1. The summed E-state index contributed by atoms with van der Waals surface area (Å²) in [6.45, 7) is 6.00. The van der Waals surface area contributed by atoms with Crippen LogP contribution < -0.4 is 19.7 Å². The molecule has 0 bridgehead atoms. The summed E-state index contributed by atoms with van der Waals surface area (Å²) in [5.41, 5.74) is 0. The second-order valence-electron chi connectivity index (χ2n) is 5.98. The van der Waals surface area contributed by atoms with Gasteiger partial charge < -0.3 is 19.7 Å². The van der Waals surface area contributed by atoms with Crippen LogP contribution in [0.4, 0.5) is 0 Å². The third-order valence-corrected chi connectivity index (χ3v) is 4.03. The van der Waals surface area contributed by atoms with Crippen molar-refractivity contribution >= 4 is 5.91 Å². The fourth-order valence-corrected chi connectivity index (χ4v) is 2.94. The maximum absolute atomic E-state index is 11.9. The number of likely N-dealkylation sites (tertiary alicyclic amines) is 1. The van der Waals surface area contributed by atoms with Gasteiger partial charge in [-0.15, -0.1) is 0 Å². The van der Waals surface area contributed by atoms with Crippen LogP contribution >= 0.6 is 0 Å². The van der Waals surface area contributed by atoms with Gasteiger partial charge in [0.25, 0.3) is 5.91 Å². The molecule has 122 valence electrons. The van der Waals surface area contributed by atoms with Crippen molar-refractivity contribution in [2.45, 2.75) is 19.8 Å². The lowest BCUT2D eigenvalue weighted by molar-refractivity contribution is -0.900. The summed E-state index contributed by atoms with van der Waals surface area (Å²) in [6.07, 6.45) is 2.51. The lowest BCUT2D eigenvalue weighted by Crippen LogP contribution is -3.14. The first-order valence-electron chi connectivity index (χ1n) is 8.05. The third kappa shape index (κ3) is 5.22. The van der Waals surface area contributed by atoms with E-state index in [0.29, 0.717) is 31.2 Å². The number of carbonyl (C=O) groups excluding carboxylic acids is 1. The summed E-state index contributed by atoms with van der Waals surface area (Å²) < 4.78 is 10.9. The van der Waals surface area contributed by atoms with Crippen molar-refractivity contribution in [3.05, 3.63) is 24.3 Å². The molecule has 1 saturated heterocycles. The Kier molecular flexibility index (Phi) is 6.52. The number of ether oxygens (including phenoxy) is 2. The Morgan fingerprint density at radius 1 is 1.36 bits per heavy atom. The molecule has 0 aromatic heterocycles. The third-order valence-electron chi connectivity index (χ3n) is 4.03. The largest absolute Gasteiger partial charge is 0.493 e. The molecular formula is C17H27N2O3+. The van der Waals surface area contributed by atoms with E-state index < -0.39 is 0 Å². The number of amides is 1. The number of benzene rings is 1. The molecule has 22 heavy (non-hydrogen) atoms. The zero-order valence-electron chi connectivity index (χ0n) is 13.6. The topological polar surface area (TPSA) is 52.0 Å². The molecule has 1 heterocycles. The summed E-state index contributed by atoms with van der Waals surface area (Å²) in [5, 5.41) is 2.93. The Hall–Kier alpha value is -1.75. The molecule has 5 heteroatoms. The number of methoxy groups -OCH3 is 1. The fraction of sp³-hybridized carbons (Fsp3) is 0.588. The average molecular weight is 307 g/mol. The molecule has 1 aliphatic heterocycles. The molecule has 0 radical (unpaired) electrons. The van der Waals surface area contributed by atoms with E-state index in [1.807, 2.05) is 24.3 Å². The highest BCUT2D eigenvalue weighted by molar-refractivity contribution is 5.76. The highest BCUT2D eigenvalue weighted by Gasteiger charge is 2.21. The number of rotatable bonds is 7. The minimum absolute atomic E-state index is 0.104.